The molecule has 1 unspecified atom stereocenters. The van der Waals surface area contributed by atoms with Crippen molar-refractivity contribution in [3.05, 3.63) is 22.2 Å². The van der Waals surface area contributed by atoms with Gasteiger partial charge in [0, 0.05) is 16.1 Å². The highest BCUT2D eigenvalue weighted by Crippen LogP contribution is 2.40. The van der Waals surface area contributed by atoms with Crippen molar-refractivity contribution in [1.82, 2.24) is 0 Å². The molecule has 0 saturated carbocycles. The number of carbonyl (C=O) groups is 1. The maximum absolute atomic E-state index is 10.6. The molecule has 0 aliphatic carbocycles. The van der Waals surface area contributed by atoms with E-state index in [1.165, 1.54) is 13.2 Å². The maximum Gasteiger partial charge on any atom is 0.337 e. The number of aliphatic hydroxyl groups excluding tert-OH is 1. The standard InChI is InChI=1S/C10H11ClO5/c1-4-6(11)3-5(8(13)10(14)15)7(12)9(4)16-2/h3,8,12-13H,1-2H3,(H,14,15). The van der Waals surface area contributed by atoms with E-state index in [1.807, 2.05) is 0 Å². The third kappa shape index (κ3) is 2.05. The molecular formula is C10H11ClO5. The molecule has 6 heteroatoms. The summed E-state index contributed by atoms with van der Waals surface area (Å²) in [5.74, 6) is -1.83. The number of hydrogen-bond donors (Lipinski definition) is 3. The summed E-state index contributed by atoms with van der Waals surface area (Å²) >= 11 is 5.82. The van der Waals surface area contributed by atoms with Crippen LogP contribution in [0.2, 0.25) is 5.02 Å². The van der Waals surface area contributed by atoms with Crippen LogP contribution < -0.4 is 4.74 Å². The number of aromatic hydroxyl groups is 1. The molecular weight excluding hydrogens is 236 g/mol. The van der Waals surface area contributed by atoms with Gasteiger partial charge in [-0.1, -0.05) is 11.6 Å². The van der Waals surface area contributed by atoms with Gasteiger partial charge >= 0.3 is 5.97 Å². The normalized spacial score (nSPS) is 12.2. The number of phenols is 1. The molecule has 3 N–H and O–H groups in total. The average Bonchev–Trinajstić information content (AvgIpc) is 2.23. The highest BCUT2D eigenvalue weighted by Gasteiger charge is 2.24. The Morgan fingerprint density at radius 2 is 2.12 bits per heavy atom. The molecule has 0 aliphatic rings. The number of hydrogen-bond acceptors (Lipinski definition) is 4. The van der Waals surface area contributed by atoms with E-state index in [4.69, 9.17) is 21.4 Å². The summed E-state index contributed by atoms with van der Waals surface area (Å²) in [5.41, 5.74) is 0.281. The Hall–Kier alpha value is -1.46. The molecule has 0 amide bonds. The van der Waals surface area contributed by atoms with Crippen LogP contribution in [-0.4, -0.2) is 28.4 Å². The molecule has 0 bridgehead atoms. The fourth-order valence-corrected chi connectivity index (χ4v) is 1.52. The van der Waals surface area contributed by atoms with E-state index in [2.05, 4.69) is 0 Å². The summed E-state index contributed by atoms with van der Waals surface area (Å²) in [6.45, 7) is 1.61. The number of benzene rings is 1. The fourth-order valence-electron chi connectivity index (χ4n) is 1.32. The predicted molar refractivity (Wildman–Crippen MR) is 57.0 cm³/mol. The lowest BCUT2D eigenvalue weighted by molar-refractivity contribution is -0.147. The number of phenolic OH excluding ortho intramolecular Hbond substituents is 1. The van der Waals surface area contributed by atoms with Crippen LogP contribution in [0.25, 0.3) is 0 Å². The first-order valence-electron chi connectivity index (χ1n) is 4.37. The first-order chi connectivity index (χ1) is 7.40. The minimum absolute atomic E-state index is 0.0581. The molecule has 0 spiro atoms. The minimum Gasteiger partial charge on any atom is -0.504 e. The van der Waals surface area contributed by atoms with Gasteiger partial charge < -0.3 is 20.1 Å². The van der Waals surface area contributed by atoms with Crippen molar-refractivity contribution in [2.45, 2.75) is 13.0 Å². The molecule has 0 radical (unpaired) electrons. The van der Waals surface area contributed by atoms with E-state index in [1.54, 1.807) is 6.92 Å². The van der Waals surface area contributed by atoms with E-state index in [0.717, 1.165) is 0 Å². The van der Waals surface area contributed by atoms with E-state index in [9.17, 15) is 15.0 Å². The van der Waals surface area contributed by atoms with Gasteiger partial charge in [-0.25, -0.2) is 4.79 Å². The van der Waals surface area contributed by atoms with Gasteiger partial charge in [-0.3, -0.25) is 0 Å². The van der Waals surface area contributed by atoms with Gasteiger partial charge in [0.05, 0.1) is 7.11 Å². The second kappa shape index (κ2) is 4.59. The third-order valence-corrected chi connectivity index (χ3v) is 2.59. The van der Waals surface area contributed by atoms with Crippen LogP contribution in [0, 0.1) is 6.92 Å². The Labute approximate surface area is 96.9 Å². The summed E-state index contributed by atoms with van der Waals surface area (Å²) in [4.78, 5) is 10.6. The highest BCUT2D eigenvalue weighted by molar-refractivity contribution is 6.31. The number of methoxy groups -OCH3 is 1. The lowest BCUT2D eigenvalue weighted by Gasteiger charge is -2.14. The van der Waals surface area contributed by atoms with Gasteiger partial charge in [-0.05, 0) is 13.0 Å². The summed E-state index contributed by atoms with van der Waals surface area (Å²) in [5, 5.41) is 27.9. The van der Waals surface area contributed by atoms with Crippen LogP contribution in [0.3, 0.4) is 0 Å². The quantitative estimate of drug-likeness (QED) is 0.752. The van der Waals surface area contributed by atoms with Crippen molar-refractivity contribution in [2.24, 2.45) is 0 Å². The molecule has 0 aliphatic heterocycles. The molecule has 0 heterocycles. The molecule has 1 aromatic rings. The SMILES string of the molecule is COc1c(C)c(Cl)cc(C(O)C(=O)O)c1O. The Kier molecular flexibility index (Phi) is 3.62. The number of ether oxygens (including phenoxy) is 1. The summed E-state index contributed by atoms with van der Waals surface area (Å²) in [6, 6.07) is 1.20. The van der Waals surface area contributed by atoms with Crippen LogP contribution in [0.4, 0.5) is 0 Å². The largest absolute Gasteiger partial charge is 0.504 e. The number of halogens is 1. The Morgan fingerprint density at radius 3 is 2.56 bits per heavy atom. The Bertz CT molecular complexity index is 430. The number of aliphatic hydroxyl groups is 1. The van der Waals surface area contributed by atoms with Crippen molar-refractivity contribution in [3.63, 3.8) is 0 Å². The van der Waals surface area contributed by atoms with Crippen molar-refractivity contribution in [1.29, 1.82) is 0 Å². The molecule has 16 heavy (non-hydrogen) atoms. The summed E-state index contributed by atoms with van der Waals surface area (Å²) in [6.07, 6.45) is -1.84. The van der Waals surface area contributed by atoms with Crippen LogP contribution >= 0.6 is 11.6 Å². The number of aliphatic carboxylic acids is 1. The zero-order chi connectivity index (χ0) is 12.5. The van der Waals surface area contributed by atoms with Crippen molar-refractivity contribution >= 4 is 17.6 Å². The zero-order valence-corrected chi connectivity index (χ0v) is 9.45. The molecule has 5 nitrogen and oxygen atoms in total. The zero-order valence-electron chi connectivity index (χ0n) is 8.69. The van der Waals surface area contributed by atoms with E-state index in [-0.39, 0.29) is 16.3 Å². The highest BCUT2D eigenvalue weighted by atomic mass is 35.5. The van der Waals surface area contributed by atoms with Crippen molar-refractivity contribution in [3.8, 4) is 11.5 Å². The Morgan fingerprint density at radius 1 is 1.56 bits per heavy atom. The molecule has 0 saturated heterocycles. The van der Waals surface area contributed by atoms with E-state index in [0.29, 0.717) is 5.56 Å². The molecule has 0 fully saturated rings. The fraction of sp³-hybridized carbons (Fsp3) is 0.300. The second-order valence-corrected chi connectivity index (χ2v) is 3.60. The summed E-state index contributed by atoms with van der Waals surface area (Å²) in [7, 11) is 1.31. The van der Waals surface area contributed by atoms with Crippen LogP contribution in [0.1, 0.15) is 17.2 Å². The monoisotopic (exact) mass is 246 g/mol. The van der Waals surface area contributed by atoms with Gasteiger partial charge in [0.2, 0.25) is 0 Å². The third-order valence-electron chi connectivity index (χ3n) is 2.20. The second-order valence-electron chi connectivity index (χ2n) is 3.20. The lowest BCUT2D eigenvalue weighted by Crippen LogP contribution is -2.11. The van der Waals surface area contributed by atoms with Crippen LogP contribution in [-0.2, 0) is 4.79 Å². The minimum atomic E-state index is -1.84. The van der Waals surface area contributed by atoms with Crippen molar-refractivity contribution in [2.75, 3.05) is 7.11 Å². The van der Waals surface area contributed by atoms with E-state index >= 15 is 0 Å². The summed E-state index contributed by atoms with van der Waals surface area (Å²) < 4.78 is 4.89. The van der Waals surface area contributed by atoms with Gasteiger partial charge in [-0.15, -0.1) is 0 Å². The molecule has 0 aromatic heterocycles. The molecule has 1 rings (SSSR count). The predicted octanol–water partition coefficient (Wildman–Crippen LogP) is 1.48. The molecule has 1 atom stereocenters. The molecule has 1 aromatic carbocycles. The topological polar surface area (TPSA) is 87.0 Å². The number of carboxylic acids is 1. The van der Waals surface area contributed by atoms with Crippen LogP contribution in [0.15, 0.2) is 6.07 Å². The van der Waals surface area contributed by atoms with Gasteiger partial charge in [-0.2, -0.15) is 0 Å². The maximum atomic E-state index is 10.6. The first kappa shape index (κ1) is 12.6. The molecule has 88 valence electrons. The van der Waals surface area contributed by atoms with Crippen LogP contribution in [0.5, 0.6) is 11.5 Å². The smallest absolute Gasteiger partial charge is 0.337 e. The first-order valence-corrected chi connectivity index (χ1v) is 4.74. The van der Waals surface area contributed by atoms with Gasteiger partial charge in [0.25, 0.3) is 0 Å². The van der Waals surface area contributed by atoms with E-state index < -0.39 is 17.8 Å². The number of rotatable bonds is 3. The average molecular weight is 247 g/mol. The Balaban J connectivity index is 3.42. The van der Waals surface area contributed by atoms with Crippen molar-refractivity contribution < 1.29 is 24.9 Å². The van der Waals surface area contributed by atoms with Gasteiger partial charge in [0.1, 0.15) is 0 Å². The van der Waals surface area contributed by atoms with Gasteiger partial charge in [0.15, 0.2) is 17.6 Å². The number of carboxylic acid groups (broad SMARTS) is 1. The lowest BCUT2D eigenvalue weighted by atomic mass is 10.0.